The SMILES string of the molecule is C[C@@H](COC1CNNC(=O)C1Cl)OCCC(=O)N1CCN(c2ncc(Cl)cn2)CC1. The molecular formula is C18H26Cl2N6O4. The van der Waals surface area contributed by atoms with Crippen LogP contribution < -0.4 is 15.8 Å². The molecule has 3 heterocycles. The van der Waals surface area contributed by atoms with Crippen LogP contribution in [0.5, 0.6) is 0 Å². The molecule has 0 bridgehead atoms. The Hall–Kier alpha value is -1.72. The molecule has 0 aliphatic carbocycles. The highest BCUT2D eigenvalue weighted by Crippen LogP contribution is 2.14. The molecule has 3 rings (SSSR count). The van der Waals surface area contributed by atoms with E-state index in [1.807, 2.05) is 16.7 Å². The number of anilines is 1. The summed E-state index contributed by atoms with van der Waals surface area (Å²) in [5.74, 6) is 0.358. The molecule has 0 aromatic carbocycles. The van der Waals surface area contributed by atoms with Gasteiger partial charge in [-0.2, -0.15) is 0 Å². The van der Waals surface area contributed by atoms with Gasteiger partial charge in [0.2, 0.25) is 11.9 Å². The summed E-state index contributed by atoms with van der Waals surface area (Å²) in [6, 6.07) is 0. The van der Waals surface area contributed by atoms with E-state index >= 15 is 0 Å². The van der Waals surface area contributed by atoms with Crippen LogP contribution in [0.15, 0.2) is 12.4 Å². The highest BCUT2D eigenvalue weighted by Gasteiger charge is 2.31. The van der Waals surface area contributed by atoms with Gasteiger partial charge in [0.1, 0.15) is 5.38 Å². The third kappa shape index (κ3) is 6.39. The van der Waals surface area contributed by atoms with E-state index in [1.54, 1.807) is 12.4 Å². The predicted octanol–water partition coefficient (Wildman–Crippen LogP) is 0.201. The van der Waals surface area contributed by atoms with Gasteiger partial charge in [0.05, 0.1) is 49.3 Å². The van der Waals surface area contributed by atoms with Gasteiger partial charge in [-0.3, -0.25) is 15.0 Å². The predicted molar refractivity (Wildman–Crippen MR) is 111 cm³/mol. The molecule has 3 atom stereocenters. The second-order valence-electron chi connectivity index (χ2n) is 7.14. The minimum Gasteiger partial charge on any atom is -0.376 e. The van der Waals surface area contributed by atoms with Crippen LogP contribution in [0.1, 0.15) is 13.3 Å². The number of alkyl halides is 1. The Morgan fingerprint density at radius 2 is 2.00 bits per heavy atom. The second kappa shape index (κ2) is 11.1. The number of hydrogen-bond acceptors (Lipinski definition) is 8. The topological polar surface area (TPSA) is 109 Å². The zero-order chi connectivity index (χ0) is 21.5. The van der Waals surface area contributed by atoms with Gasteiger partial charge in [-0.1, -0.05) is 11.6 Å². The van der Waals surface area contributed by atoms with Gasteiger partial charge >= 0.3 is 0 Å². The molecule has 0 spiro atoms. The van der Waals surface area contributed by atoms with Crippen molar-refractivity contribution in [2.45, 2.75) is 30.9 Å². The number of nitrogens with one attached hydrogen (secondary N) is 2. The Bertz CT molecular complexity index is 717. The third-order valence-corrected chi connectivity index (χ3v) is 5.55. The Balaban J connectivity index is 1.31. The first-order chi connectivity index (χ1) is 14.4. The van der Waals surface area contributed by atoms with Crippen molar-refractivity contribution < 1.29 is 19.1 Å². The van der Waals surface area contributed by atoms with Crippen LogP contribution in [0.4, 0.5) is 5.95 Å². The van der Waals surface area contributed by atoms with E-state index in [0.29, 0.717) is 56.7 Å². The van der Waals surface area contributed by atoms with Gasteiger partial charge in [-0.15, -0.1) is 11.6 Å². The number of aromatic nitrogens is 2. The average Bonchev–Trinajstić information content (AvgIpc) is 2.75. The number of nitrogens with zero attached hydrogens (tertiary/aromatic N) is 4. The van der Waals surface area contributed by atoms with Gasteiger partial charge in [-0.25, -0.2) is 15.4 Å². The maximum atomic E-state index is 12.4. The molecule has 166 valence electrons. The van der Waals surface area contributed by atoms with Crippen LogP contribution >= 0.6 is 23.2 Å². The van der Waals surface area contributed by atoms with Gasteiger partial charge in [0.25, 0.3) is 5.91 Å². The molecule has 2 saturated heterocycles. The van der Waals surface area contributed by atoms with Crippen molar-refractivity contribution in [3.63, 3.8) is 0 Å². The summed E-state index contributed by atoms with van der Waals surface area (Å²) in [5, 5.41) is -0.243. The van der Waals surface area contributed by atoms with Gasteiger partial charge in [0, 0.05) is 32.7 Å². The molecule has 2 amide bonds. The fraction of sp³-hybridized carbons (Fsp3) is 0.667. The lowest BCUT2D eigenvalue weighted by molar-refractivity contribution is -0.134. The molecular weight excluding hydrogens is 435 g/mol. The van der Waals surface area contributed by atoms with E-state index in [-0.39, 0.29) is 24.5 Å². The zero-order valence-corrected chi connectivity index (χ0v) is 18.2. The largest absolute Gasteiger partial charge is 0.376 e. The number of ether oxygens (including phenoxy) is 2. The average molecular weight is 461 g/mol. The molecule has 2 fully saturated rings. The maximum absolute atomic E-state index is 12.4. The number of amides is 2. The Morgan fingerprint density at radius 3 is 2.70 bits per heavy atom. The normalized spacial score (nSPS) is 23.2. The fourth-order valence-electron chi connectivity index (χ4n) is 3.16. The van der Waals surface area contributed by atoms with Crippen LogP contribution in [0.2, 0.25) is 5.02 Å². The Morgan fingerprint density at radius 1 is 1.30 bits per heavy atom. The van der Waals surface area contributed by atoms with Crippen molar-refractivity contribution in [1.29, 1.82) is 0 Å². The maximum Gasteiger partial charge on any atom is 0.254 e. The van der Waals surface area contributed by atoms with Crippen LogP contribution in [0.25, 0.3) is 0 Å². The molecule has 30 heavy (non-hydrogen) atoms. The summed E-state index contributed by atoms with van der Waals surface area (Å²) >= 11 is 11.8. The van der Waals surface area contributed by atoms with E-state index in [4.69, 9.17) is 32.7 Å². The van der Waals surface area contributed by atoms with E-state index in [9.17, 15) is 9.59 Å². The monoisotopic (exact) mass is 460 g/mol. The summed E-state index contributed by atoms with van der Waals surface area (Å²) < 4.78 is 11.3. The molecule has 0 saturated carbocycles. The van der Waals surface area contributed by atoms with Gasteiger partial charge < -0.3 is 19.3 Å². The van der Waals surface area contributed by atoms with Crippen molar-refractivity contribution in [1.82, 2.24) is 25.7 Å². The number of hydrogen-bond donors (Lipinski definition) is 2. The van der Waals surface area contributed by atoms with Crippen molar-refractivity contribution in [3.8, 4) is 0 Å². The van der Waals surface area contributed by atoms with Gasteiger partial charge in [-0.05, 0) is 6.92 Å². The number of carbonyl (C=O) groups excluding carboxylic acids is 2. The number of rotatable bonds is 8. The molecule has 0 radical (unpaired) electrons. The third-order valence-electron chi connectivity index (χ3n) is 4.88. The first kappa shape index (κ1) is 23.0. The molecule has 2 N–H and O–H groups in total. The minimum absolute atomic E-state index is 0.0498. The van der Waals surface area contributed by atoms with Crippen LogP contribution in [0, 0.1) is 0 Å². The van der Waals surface area contributed by atoms with Crippen LogP contribution in [-0.2, 0) is 19.1 Å². The van der Waals surface area contributed by atoms with E-state index in [2.05, 4.69) is 20.8 Å². The first-order valence-electron chi connectivity index (χ1n) is 9.84. The summed E-state index contributed by atoms with van der Waals surface area (Å²) in [6.07, 6.45) is 2.79. The Kier molecular flexibility index (Phi) is 8.46. The number of hydrazine groups is 1. The van der Waals surface area contributed by atoms with Gasteiger partial charge in [0.15, 0.2) is 0 Å². The minimum atomic E-state index is -0.739. The summed E-state index contributed by atoms with van der Waals surface area (Å²) in [6.45, 7) is 5.43. The Labute approximate surface area is 185 Å². The van der Waals surface area contributed by atoms with Crippen molar-refractivity contribution >= 4 is 41.0 Å². The highest BCUT2D eigenvalue weighted by atomic mass is 35.5. The lowest BCUT2D eigenvalue weighted by Gasteiger charge is -2.34. The molecule has 1 aromatic rings. The van der Waals surface area contributed by atoms with E-state index in [0.717, 1.165) is 0 Å². The van der Waals surface area contributed by atoms with E-state index in [1.165, 1.54) is 0 Å². The second-order valence-corrected chi connectivity index (χ2v) is 8.05. The van der Waals surface area contributed by atoms with E-state index < -0.39 is 11.5 Å². The number of halogens is 2. The standard InChI is InChI=1S/C18H26Cl2N6O4/c1-12(11-30-14-10-23-24-17(28)16(14)20)29-7-2-15(27)25-3-5-26(6-4-25)18-21-8-13(19)9-22-18/h8-9,12,14,16,23H,2-7,10-11H2,1H3,(H,24,28)/t12-,14?,16?/m0/s1. The highest BCUT2D eigenvalue weighted by molar-refractivity contribution is 6.31. The molecule has 2 aliphatic rings. The molecule has 1 aromatic heterocycles. The molecule has 2 unspecified atom stereocenters. The summed E-state index contributed by atoms with van der Waals surface area (Å²) in [7, 11) is 0. The zero-order valence-electron chi connectivity index (χ0n) is 16.7. The van der Waals surface area contributed by atoms with Crippen LogP contribution in [0.3, 0.4) is 0 Å². The van der Waals surface area contributed by atoms with Crippen LogP contribution in [-0.4, -0.2) is 90.2 Å². The lowest BCUT2D eigenvalue weighted by Crippen LogP contribution is -2.57. The van der Waals surface area contributed by atoms with Crippen molar-refractivity contribution in [2.24, 2.45) is 0 Å². The fourth-order valence-corrected chi connectivity index (χ4v) is 3.47. The van der Waals surface area contributed by atoms with Crippen molar-refractivity contribution in [3.05, 3.63) is 17.4 Å². The van der Waals surface area contributed by atoms with Crippen molar-refractivity contribution in [2.75, 3.05) is 50.8 Å². The smallest absolute Gasteiger partial charge is 0.254 e. The summed E-state index contributed by atoms with van der Waals surface area (Å²) in [4.78, 5) is 36.2. The number of piperazine rings is 1. The quantitative estimate of drug-likeness (QED) is 0.529. The number of carbonyl (C=O) groups is 2. The molecule has 10 nitrogen and oxygen atoms in total. The molecule has 2 aliphatic heterocycles. The lowest BCUT2D eigenvalue weighted by atomic mass is 10.2. The molecule has 12 heteroatoms. The summed E-state index contributed by atoms with van der Waals surface area (Å²) in [5.41, 5.74) is 5.18. The first-order valence-corrected chi connectivity index (χ1v) is 10.7.